The van der Waals surface area contributed by atoms with E-state index in [-0.39, 0.29) is 17.2 Å². The van der Waals surface area contributed by atoms with Crippen LogP contribution in [0.3, 0.4) is 0 Å². The van der Waals surface area contributed by atoms with Crippen molar-refractivity contribution in [2.45, 2.75) is 0 Å². The molecule has 0 heterocycles. The minimum absolute atomic E-state index is 0.0771. The Morgan fingerprint density at radius 2 is 1.16 bits per heavy atom. The molecule has 3 N–H and O–H groups in total. The van der Waals surface area contributed by atoms with Crippen molar-refractivity contribution >= 4 is 23.2 Å². The van der Waals surface area contributed by atoms with Gasteiger partial charge in [0.15, 0.2) is 0 Å². The number of amides is 2. The van der Waals surface area contributed by atoms with E-state index in [0.717, 1.165) is 0 Å². The molecule has 0 saturated heterocycles. The summed E-state index contributed by atoms with van der Waals surface area (Å²) in [7, 11) is 0. The van der Waals surface area contributed by atoms with Gasteiger partial charge < -0.3 is 15.7 Å². The van der Waals surface area contributed by atoms with Gasteiger partial charge in [0.25, 0.3) is 11.8 Å². The average Bonchev–Trinajstić information content (AvgIpc) is 2.64. The first-order chi connectivity index (χ1) is 12.1. The third kappa shape index (κ3) is 4.03. The van der Waals surface area contributed by atoms with Crippen LogP contribution in [0.4, 0.5) is 11.4 Å². The lowest BCUT2D eigenvalue weighted by Crippen LogP contribution is -2.13. The Bertz CT molecular complexity index is 890. The molecule has 0 spiro atoms. The number of carbonyl (C=O) groups excluding carboxylic acids is 2. The highest BCUT2D eigenvalue weighted by Gasteiger charge is 2.10. The quantitative estimate of drug-likeness (QED) is 0.678. The first-order valence-corrected chi connectivity index (χ1v) is 7.69. The van der Waals surface area contributed by atoms with Gasteiger partial charge in [-0.05, 0) is 48.5 Å². The van der Waals surface area contributed by atoms with Crippen molar-refractivity contribution in [2.75, 3.05) is 10.6 Å². The number of phenols is 1. The third-order valence-electron chi connectivity index (χ3n) is 3.59. The van der Waals surface area contributed by atoms with E-state index in [1.165, 1.54) is 6.07 Å². The molecule has 0 aliphatic rings. The van der Waals surface area contributed by atoms with Crippen LogP contribution in [0.15, 0.2) is 78.9 Å². The largest absolute Gasteiger partial charge is 0.507 e. The summed E-state index contributed by atoms with van der Waals surface area (Å²) in [4.78, 5) is 24.2. The first-order valence-electron chi connectivity index (χ1n) is 7.69. The molecule has 0 saturated carbocycles. The van der Waals surface area contributed by atoms with Gasteiger partial charge >= 0.3 is 0 Å². The maximum atomic E-state index is 12.1. The molecule has 5 nitrogen and oxygen atoms in total. The second kappa shape index (κ2) is 7.31. The van der Waals surface area contributed by atoms with Gasteiger partial charge in [0, 0.05) is 16.9 Å². The third-order valence-corrected chi connectivity index (χ3v) is 3.59. The van der Waals surface area contributed by atoms with Crippen LogP contribution in [-0.4, -0.2) is 16.9 Å². The van der Waals surface area contributed by atoms with Crippen molar-refractivity contribution in [3.63, 3.8) is 0 Å². The molecule has 0 aliphatic heterocycles. The number of aromatic hydroxyl groups is 1. The highest BCUT2D eigenvalue weighted by molar-refractivity contribution is 6.06. The van der Waals surface area contributed by atoms with E-state index < -0.39 is 5.91 Å². The van der Waals surface area contributed by atoms with Crippen molar-refractivity contribution in [3.05, 3.63) is 90.0 Å². The number of carbonyl (C=O) groups is 2. The van der Waals surface area contributed by atoms with Crippen LogP contribution in [0.5, 0.6) is 5.75 Å². The SMILES string of the molecule is O=C(Nc1ccc(NC(=O)c2ccccc2O)cc1)c1ccccc1. The minimum Gasteiger partial charge on any atom is -0.507 e. The van der Waals surface area contributed by atoms with E-state index in [0.29, 0.717) is 16.9 Å². The van der Waals surface area contributed by atoms with E-state index in [1.54, 1.807) is 66.7 Å². The zero-order valence-corrected chi connectivity index (χ0v) is 13.3. The van der Waals surface area contributed by atoms with Crippen LogP contribution in [0.2, 0.25) is 0 Å². The highest BCUT2D eigenvalue weighted by atomic mass is 16.3. The number of rotatable bonds is 4. The van der Waals surface area contributed by atoms with Gasteiger partial charge in [-0.3, -0.25) is 9.59 Å². The number of phenolic OH excluding ortho intramolecular Hbond substituents is 1. The van der Waals surface area contributed by atoms with E-state index in [2.05, 4.69) is 10.6 Å². The maximum Gasteiger partial charge on any atom is 0.259 e. The predicted molar refractivity (Wildman–Crippen MR) is 96.9 cm³/mol. The molecule has 3 aromatic carbocycles. The second-order valence-electron chi connectivity index (χ2n) is 5.37. The molecule has 0 bridgehead atoms. The Kier molecular flexibility index (Phi) is 4.76. The van der Waals surface area contributed by atoms with E-state index in [9.17, 15) is 14.7 Å². The molecule has 0 aliphatic carbocycles. The summed E-state index contributed by atoms with van der Waals surface area (Å²) in [6, 6.07) is 22.0. The Balaban J connectivity index is 1.65. The normalized spacial score (nSPS) is 10.1. The Morgan fingerprint density at radius 3 is 1.76 bits per heavy atom. The average molecular weight is 332 g/mol. The predicted octanol–water partition coefficient (Wildman–Crippen LogP) is 3.90. The van der Waals surface area contributed by atoms with Crippen molar-refractivity contribution < 1.29 is 14.7 Å². The number of hydrogen-bond acceptors (Lipinski definition) is 3. The van der Waals surface area contributed by atoms with Crippen LogP contribution in [0.25, 0.3) is 0 Å². The van der Waals surface area contributed by atoms with Crippen molar-refractivity contribution in [2.24, 2.45) is 0 Å². The van der Waals surface area contributed by atoms with Gasteiger partial charge in [0.2, 0.25) is 0 Å². The fourth-order valence-electron chi connectivity index (χ4n) is 2.29. The van der Waals surface area contributed by atoms with E-state index in [1.807, 2.05) is 6.07 Å². The van der Waals surface area contributed by atoms with Gasteiger partial charge in [-0.1, -0.05) is 30.3 Å². The summed E-state index contributed by atoms with van der Waals surface area (Å²) in [6.45, 7) is 0. The molecular formula is C20H16N2O3. The van der Waals surface area contributed by atoms with Gasteiger partial charge in [-0.15, -0.1) is 0 Å². The molecule has 124 valence electrons. The van der Waals surface area contributed by atoms with Crippen LogP contribution in [0, 0.1) is 0 Å². The smallest absolute Gasteiger partial charge is 0.259 e. The molecule has 5 heteroatoms. The number of para-hydroxylation sites is 1. The maximum absolute atomic E-state index is 12.1. The molecule has 0 aromatic heterocycles. The van der Waals surface area contributed by atoms with Crippen molar-refractivity contribution in [1.29, 1.82) is 0 Å². The number of hydrogen-bond donors (Lipinski definition) is 3. The Hall–Kier alpha value is -3.60. The standard InChI is InChI=1S/C20H16N2O3/c23-18-9-5-4-8-17(18)20(25)22-16-12-10-15(11-13-16)21-19(24)14-6-2-1-3-7-14/h1-13,23H,(H,21,24)(H,22,25). The zero-order valence-electron chi connectivity index (χ0n) is 13.3. The zero-order chi connectivity index (χ0) is 17.6. The molecule has 0 fully saturated rings. The molecule has 2 amide bonds. The molecule has 3 aromatic rings. The lowest BCUT2D eigenvalue weighted by Gasteiger charge is -2.09. The monoisotopic (exact) mass is 332 g/mol. The van der Waals surface area contributed by atoms with E-state index >= 15 is 0 Å². The van der Waals surface area contributed by atoms with Gasteiger partial charge in [0.05, 0.1) is 5.56 Å². The number of benzene rings is 3. The molecule has 0 radical (unpaired) electrons. The fraction of sp³-hybridized carbons (Fsp3) is 0. The minimum atomic E-state index is -0.404. The topological polar surface area (TPSA) is 78.4 Å². The number of nitrogens with one attached hydrogen (secondary N) is 2. The molecule has 0 unspecified atom stereocenters. The van der Waals surface area contributed by atoms with Crippen LogP contribution < -0.4 is 10.6 Å². The summed E-state index contributed by atoms with van der Waals surface area (Å²) in [5, 5.41) is 15.2. The van der Waals surface area contributed by atoms with Gasteiger partial charge in [0.1, 0.15) is 5.75 Å². The van der Waals surface area contributed by atoms with Gasteiger partial charge in [-0.2, -0.15) is 0 Å². The lowest BCUT2D eigenvalue weighted by atomic mass is 10.2. The molecule has 25 heavy (non-hydrogen) atoms. The first kappa shape index (κ1) is 16.3. The summed E-state index contributed by atoms with van der Waals surface area (Å²) < 4.78 is 0. The Morgan fingerprint density at radius 1 is 0.640 bits per heavy atom. The fourth-order valence-corrected chi connectivity index (χ4v) is 2.29. The lowest BCUT2D eigenvalue weighted by molar-refractivity contribution is 0.101. The van der Waals surface area contributed by atoms with E-state index in [4.69, 9.17) is 0 Å². The van der Waals surface area contributed by atoms with Crippen LogP contribution >= 0.6 is 0 Å². The summed E-state index contributed by atoms with van der Waals surface area (Å²) >= 11 is 0. The molecular weight excluding hydrogens is 316 g/mol. The van der Waals surface area contributed by atoms with Crippen LogP contribution in [-0.2, 0) is 0 Å². The van der Waals surface area contributed by atoms with Crippen molar-refractivity contribution in [3.8, 4) is 5.75 Å². The summed E-state index contributed by atoms with van der Waals surface area (Å²) in [6.07, 6.45) is 0. The highest BCUT2D eigenvalue weighted by Crippen LogP contribution is 2.19. The Labute approximate surface area is 144 Å². The number of anilines is 2. The van der Waals surface area contributed by atoms with Crippen LogP contribution in [0.1, 0.15) is 20.7 Å². The summed E-state index contributed by atoms with van der Waals surface area (Å²) in [5.41, 5.74) is 1.95. The van der Waals surface area contributed by atoms with Gasteiger partial charge in [-0.25, -0.2) is 0 Å². The second-order valence-corrected chi connectivity index (χ2v) is 5.37. The molecule has 3 rings (SSSR count). The molecule has 0 atom stereocenters. The van der Waals surface area contributed by atoms with Crippen molar-refractivity contribution in [1.82, 2.24) is 0 Å². The summed E-state index contributed by atoms with van der Waals surface area (Å²) in [5.74, 6) is -0.683.